The van der Waals surface area contributed by atoms with Crippen molar-refractivity contribution < 1.29 is 19.6 Å². The van der Waals surface area contributed by atoms with E-state index in [1.807, 2.05) is 0 Å². The molecule has 0 aliphatic heterocycles. The van der Waals surface area contributed by atoms with E-state index in [4.69, 9.17) is 9.84 Å². The number of carbonyl (C=O) groups is 1. The lowest BCUT2D eigenvalue weighted by Crippen LogP contribution is -2.26. The van der Waals surface area contributed by atoms with Gasteiger partial charge in [0.2, 0.25) is 0 Å². The number of nitrogens with one attached hydrogen (secondary N) is 1. The van der Waals surface area contributed by atoms with Gasteiger partial charge in [-0.1, -0.05) is 13.0 Å². The summed E-state index contributed by atoms with van der Waals surface area (Å²) in [6.45, 7) is 2.24. The highest BCUT2D eigenvalue weighted by Crippen LogP contribution is 2.30. The Balaban J connectivity index is 2.18. The normalized spacial score (nSPS) is 15.5. The molecule has 114 valence electrons. The van der Waals surface area contributed by atoms with Gasteiger partial charge < -0.3 is 15.2 Å². The first-order valence-electron chi connectivity index (χ1n) is 6.91. The molecule has 7 nitrogen and oxygen atoms in total. The smallest absolute Gasteiger partial charge is 0.344 e. The highest BCUT2D eigenvalue weighted by molar-refractivity contribution is 5.73. The standard InChI is InChI=1S/C14H18N2O5/c1-2-12(14(17)18)21-13-7-9(8-15-10-4-5-10)3-6-11(13)16(19)20/h3,6-7,10,12,15H,2,4-5,8H2,1H3,(H,17,18). The second-order valence-corrected chi connectivity index (χ2v) is 5.07. The van der Waals surface area contributed by atoms with E-state index in [0.717, 1.165) is 18.4 Å². The molecular weight excluding hydrogens is 276 g/mol. The summed E-state index contributed by atoms with van der Waals surface area (Å²) in [6, 6.07) is 5.07. The third-order valence-corrected chi connectivity index (χ3v) is 3.31. The Morgan fingerprint density at radius 2 is 2.29 bits per heavy atom. The van der Waals surface area contributed by atoms with Gasteiger partial charge in [-0.15, -0.1) is 0 Å². The lowest BCUT2D eigenvalue weighted by atomic mass is 10.1. The Labute approximate surface area is 122 Å². The van der Waals surface area contributed by atoms with Crippen LogP contribution in [0.15, 0.2) is 18.2 Å². The summed E-state index contributed by atoms with van der Waals surface area (Å²) in [5.74, 6) is -1.13. The number of hydrogen-bond acceptors (Lipinski definition) is 5. The van der Waals surface area contributed by atoms with Gasteiger partial charge in [0.25, 0.3) is 0 Å². The number of rotatable bonds is 8. The van der Waals surface area contributed by atoms with Gasteiger partial charge in [-0.3, -0.25) is 10.1 Å². The van der Waals surface area contributed by atoms with Crippen molar-refractivity contribution in [3.8, 4) is 5.75 Å². The first-order valence-corrected chi connectivity index (χ1v) is 6.91. The third kappa shape index (κ3) is 4.16. The molecule has 0 spiro atoms. The molecule has 0 heterocycles. The van der Waals surface area contributed by atoms with E-state index in [2.05, 4.69) is 5.32 Å². The molecule has 0 amide bonds. The number of benzene rings is 1. The second kappa shape index (κ2) is 6.53. The molecule has 2 N–H and O–H groups in total. The fourth-order valence-corrected chi connectivity index (χ4v) is 1.92. The first-order chi connectivity index (χ1) is 10.0. The minimum Gasteiger partial charge on any atom is -0.479 e. The van der Waals surface area contributed by atoms with Gasteiger partial charge >= 0.3 is 11.7 Å². The molecule has 1 aromatic rings. The van der Waals surface area contributed by atoms with Crippen molar-refractivity contribution >= 4 is 11.7 Å². The second-order valence-electron chi connectivity index (χ2n) is 5.07. The average Bonchev–Trinajstić information content (AvgIpc) is 3.26. The van der Waals surface area contributed by atoms with E-state index in [-0.39, 0.29) is 17.9 Å². The van der Waals surface area contributed by atoms with Crippen LogP contribution in [0.1, 0.15) is 31.7 Å². The van der Waals surface area contributed by atoms with Gasteiger partial charge in [-0.2, -0.15) is 0 Å². The molecule has 21 heavy (non-hydrogen) atoms. The van der Waals surface area contributed by atoms with Crippen LogP contribution in [0.4, 0.5) is 5.69 Å². The molecule has 1 aromatic carbocycles. The molecule has 1 unspecified atom stereocenters. The summed E-state index contributed by atoms with van der Waals surface area (Å²) in [5, 5.41) is 23.3. The fourth-order valence-electron chi connectivity index (χ4n) is 1.92. The Bertz CT molecular complexity index is 542. The van der Waals surface area contributed by atoms with Crippen molar-refractivity contribution in [1.29, 1.82) is 0 Å². The topological polar surface area (TPSA) is 102 Å². The maximum absolute atomic E-state index is 11.0. The summed E-state index contributed by atoms with van der Waals surface area (Å²) in [5.41, 5.74) is 0.618. The van der Waals surface area contributed by atoms with E-state index >= 15 is 0 Å². The zero-order valence-electron chi connectivity index (χ0n) is 11.7. The highest BCUT2D eigenvalue weighted by Gasteiger charge is 2.24. The molecule has 7 heteroatoms. The Kier molecular flexibility index (Phi) is 4.74. The Hall–Kier alpha value is -2.15. The minimum absolute atomic E-state index is 0.00402. The fraction of sp³-hybridized carbons (Fsp3) is 0.500. The lowest BCUT2D eigenvalue weighted by molar-refractivity contribution is -0.386. The predicted molar refractivity (Wildman–Crippen MR) is 75.3 cm³/mol. The highest BCUT2D eigenvalue weighted by atomic mass is 16.6. The minimum atomic E-state index is -1.13. The molecule has 0 radical (unpaired) electrons. The summed E-state index contributed by atoms with van der Waals surface area (Å²) < 4.78 is 5.31. The van der Waals surface area contributed by atoms with Crippen LogP contribution < -0.4 is 10.1 Å². The summed E-state index contributed by atoms with van der Waals surface area (Å²) in [4.78, 5) is 21.5. The lowest BCUT2D eigenvalue weighted by Gasteiger charge is -2.14. The number of hydrogen-bond donors (Lipinski definition) is 2. The number of nitro benzene ring substituents is 1. The first kappa shape index (κ1) is 15.2. The average molecular weight is 294 g/mol. The van der Waals surface area contributed by atoms with E-state index in [9.17, 15) is 14.9 Å². The van der Waals surface area contributed by atoms with Crippen molar-refractivity contribution in [3.05, 3.63) is 33.9 Å². The van der Waals surface area contributed by atoms with Crippen LogP contribution in [-0.2, 0) is 11.3 Å². The molecule has 0 saturated heterocycles. The van der Waals surface area contributed by atoms with Crippen LogP contribution >= 0.6 is 0 Å². The molecule has 1 aliphatic rings. The molecular formula is C14H18N2O5. The maximum Gasteiger partial charge on any atom is 0.344 e. The van der Waals surface area contributed by atoms with Crippen LogP contribution in [-0.4, -0.2) is 28.1 Å². The molecule has 1 saturated carbocycles. The van der Waals surface area contributed by atoms with Crippen LogP contribution in [0.3, 0.4) is 0 Å². The van der Waals surface area contributed by atoms with Gasteiger partial charge in [-0.05, 0) is 30.9 Å². The third-order valence-electron chi connectivity index (χ3n) is 3.31. The number of ether oxygens (including phenoxy) is 1. The van der Waals surface area contributed by atoms with Crippen LogP contribution in [0.25, 0.3) is 0 Å². The summed E-state index contributed by atoms with van der Waals surface area (Å²) in [7, 11) is 0. The number of nitrogens with zero attached hydrogens (tertiary/aromatic N) is 1. The number of aliphatic carboxylic acids is 1. The zero-order chi connectivity index (χ0) is 15.4. The zero-order valence-corrected chi connectivity index (χ0v) is 11.7. The van der Waals surface area contributed by atoms with Gasteiger partial charge in [0.15, 0.2) is 11.9 Å². The van der Waals surface area contributed by atoms with E-state index < -0.39 is 17.0 Å². The van der Waals surface area contributed by atoms with Crippen LogP contribution in [0, 0.1) is 10.1 Å². The number of carboxylic acids is 1. The van der Waals surface area contributed by atoms with E-state index in [1.165, 1.54) is 6.07 Å². The molecule has 0 bridgehead atoms. The summed E-state index contributed by atoms with van der Waals surface area (Å²) in [6.07, 6.45) is 1.44. The van der Waals surface area contributed by atoms with Gasteiger partial charge in [0.1, 0.15) is 0 Å². The molecule has 0 aromatic heterocycles. The Morgan fingerprint density at radius 3 is 2.81 bits per heavy atom. The van der Waals surface area contributed by atoms with Crippen molar-refractivity contribution in [2.45, 2.75) is 44.9 Å². The van der Waals surface area contributed by atoms with Gasteiger partial charge in [-0.25, -0.2) is 4.79 Å². The van der Waals surface area contributed by atoms with Crippen molar-refractivity contribution in [2.24, 2.45) is 0 Å². The van der Waals surface area contributed by atoms with Gasteiger partial charge in [0, 0.05) is 18.7 Å². The van der Waals surface area contributed by atoms with Crippen LogP contribution in [0.2, 0.25) is 0 Å². The van der Waals surface area contributed by atoms with Crippen molar-refractivity contribution in [1.82, 2.24) is 5.32 Å². The largest absolute Gasteiger partial charge is 0.479 e. The molecule has 1 aliphatic carbocycles. The molecule has 1 fully saturated rings. The quantitative estimate of drug-likeness (QED) is 0.562. The van der Waals surface area contributed by atoms with E-state index in [0.29, 0.717) is 12.6 Å². The number of carboxylic acid groups (broad SMARTS) is 1. The number of nitro groups is 1. The van der Waals surface area contributed by atoms with Crippen molar-refractivity contribution in [2.75, 3.05) is 0 Å². The van der Waals surface area contributed by atoms with Crippen molar-refractivity contribution in [3.63, 3.8) is 0 Å². The maximum atomic E-state index is 11.0. The SMILES string of the molecule is CCC(Oc1cc(CNC2CC2)ccc1[N+](=O)[O-])C(=O)O. The Morgan fingerprint density at radius 1 is 1.57 bits per heavy atom. The summed E-state index contributed by atoms with van der Waals surface area (Å²) >= 11 is 0. The van der Waals surface area contributed by atoms with E-state index in [1.54, 1.807) is 19.1 Å². The predicted octanol–water partition coefficient (Wildman–Crippen LogP) is 2.09. The molecule has 1 atom stereocenters. The van der Waals surface area contributed by atoms with Gasteiger partial charge in [0.05, 0.1) is 4.92 Å². The molecule has 2 rings (SSSR count). The van der Waals surface area contributed by atoms with Crippen LogP contribution in [0.5, 0.6) is 5.75 Å². The monoisotopic (exact) mass is 294 g/mol.